The molecule has 0 N–H and O–H groups in total. The summed E-state index contributed by atoms with van der Waals surface area (Å²) in [4.78, 5) is 24.4. The fourth-order valence-corrected chi connectivity index (χ4v) is 5.34. The topological polar surface area (TPSA) is 48.9 Å². The first kappa shape index (κ1) is 23.7. The molecule has 7 heteroatoms. The fraction of sp³-hybridized carbons (Fsp3) is 0.462. The number of thiazole rings is 1. The average Bonchev–Trinajstić information content (AvgIpc) is 3.27. The number of anilines is 1. The molecule has 0 spiro atoms. The van der Waals surface area contributed by atoms with Crippen molar-refractivity contribution < 1.29 is 9.53 Å². The molecular weight excluding hydrogens is 432 g/mol. The number of nitrogens with zero attached hydrogens (tertiary/aromatic N) is 4. The molecule has 0 aliphatic carbocycles. The van der Waals surface area contributed by atoms with E-state index in [0.29, 0.717) is 11.6 Å². The van der Waals surface area contributed by atoms with E-state index in [1.807, 2.05) is 24.0 Å². The predicted octanol–water partition coefficient (Wildman–Crippen LogP) is 4.30. The number of methoxy groups -OCH3 is 1. The van der Waals surface area contributed by atoms with Crippen molar-refractivity contribution in [1.29, 1.82) is 0 Å². The lowest BCUT2D eigenvalue weighted by atomic mass is 10.1. The third kappa shape index (κ3) is 5.91. The van der Waals surface area contributed by atoms with Crippen LogP contribution in [-0.2, 0) is 11.2 Å². The van der Waals surface area contributed by atoms with Crippen LogP contribution in [0.5, 0.6) is 5.19 Å². The molecule has 1 fully saturated rings. The first-order chi connectivity index (χ1) is 16.1. The van der Waals surface area contributed by atoms with Gasteiger partial charge in [0.2, 0.25) is 5.91 Å². The highest BCUT2D eigenvalue weighted by Gasteiger charge is 2.25. The summed E-state index contributed by atoms with van der Waals surface area (Å²) in [6.07, 6.45) is 1.59. The zero-order chi connectivity index (χ0) is 23.2. The standard InChI is InChI=1S/C26H34N4O2S/c1-4-25(31)30(22-10-11-23-24(18-22)33-26(27-23)32-3)20(2)19-29-16-14-28(15-17-29)13-12-21-8-6-5-7-9-21/h5-11,18,20H,4,12-17,19H2,1-3H3. The van der Waals surface area contributed by atoms with Gasteiger partial charge in [0.25, 0.3) is 5.19 Å². The molecule has 33 heavy (non-hydrogen) atoms. The number of carbonyl (C=O) groups excluding carboxylic acids is 1. The molecule has 2 aromatic carbocycles. The summed E-state index contributed by atoms with van der Waals surface area (Å²) >= 11 is 1.51. The van der Waals surface area contributed by atoms with E-state index in [-0.39, 0.29) is 11.9 Å². The average molecular weight is 467 g/mol. The highest BCUT2D eigenvalue weighted by Crippen LogP contribution is 2.32. The molecule has 1 saturated heterocycles. The number of ether oxygens (including phenoxy) is 1. The van der Waals surface area contributed by atoms with Crippen LogP contribution in [0.15, 0.2) is 48.5 Å². The maximum absolute atomic E-state index is 12.9. The Hall–Kier alpha value is -2.48. The summed E-state index contributed by atoms with van der Waals surface area (Å²) in [6, 6.07) is 16.9. The Kier molecular flexibility index (Phi) is 7.96. The highest BCUT2D eigenvalue weighted by atomic mass is 32.1. The second-order valence-electron chi connectivity index (χ2n) is 8.68. The zero-order valence-electron chi connectivity index (χ0n) is 19.9. The van der Waals surface area contributed by atoms with E-state index in [2.05, 4.69) is 58.1 Å². The molecule has 3 aromatic rings. The van der Waals surface area contributed by atoms with E-state index in [1.54, 1.807) is 7.11 Å². The van der Waals surface area contributed by atoms with Crippen LogP contribution in [0.2, 0.25) is 0 Å². The molecular formula is C26H34N4O2S. The van der Waals surface area contributed by atoms with Crippen molar-refractivity contribution in [2.45, 2.75) is 32.7 Å². The van der Waals surface area contributed by atoms with Crippen molar-refractivity contribution in [3.63, 3.8) is 0 Å². The van der Waals surface area contributed by atoms with Gasteiger partial charge in [-0.3, -0.25) is 9.69 Å². The molecule has 2 heterocycles. The number of rotatable bonds is 9. The Morgan fingerprint density at radius 3 is 2.55 bits per heavy atom. The molecule has 1 unspecified atom stereocenters. The summed E-state index contributed by atoms with van der Waals surface area (Å²) in [6.45, 7) is 10.3. The maximum atomic E-state index is 12.9. The van der Waals surface area contributed by atoms with Crippen LogP contribution >= 0.6 is 11.3 Å². The number of carbonyl (C=O) groups is 1. The van der Waals surface area contributed by atoms with E-state index in [0.717, 1.165) is 61.6 Å². The molecule has 0 bridgehead atoms. The molecule has 176 valence electrons. The monoisotopic (exact) mass is 466 g/mol. The Morgan fingerprint density at radius 1 is 1.12 bits per heavy atom. The second kappa shape index (κ2) is 11.1. The molecule has 0 radical (unpaired) electrons. The van der Waals surface area contributed by atoms with Crippen molar-refractivity contribution in [2.75, 3.05) is 51.3 Å². The van der Waals surface area contributed by atoms with E-state index >= 15 is 0 Å². The normalized spacial score (nSPS) is 16.1. The quantitative estimate of drug-likeness (QED) is 0.471. The number of amides is 1. The minimum absolute atomic E-state index is 0.0978. The van der Waals surface area contributed by atoms with Gasteiger partial charge >= 0.3 is 0 Å². The largest absolute Gasteiger partial charge is 0.473 e. The molecule has 4 rings (SSSR count). The SMILES string of the molecule is CCC(=O)N(c1ccc2nc(OC)sc2c1)C(C)CN1CCN(CCc2ccccc2)CC1. The lowest BCUT2D eigenvalue weighted by Gasteiger charge is -2.38. The van der Waals surface area contributed by atoms with Crippen molar-refractivity contribution >= 4 is 33.1 Å². The number of hydrogen-bond donors (Lipinski definition) is 0. The minimum Gasteiger partial charge on any atom is -0.473 e. The number of piperazine rings is 1. The van der Waals surface area contributed by atoms with Crippen LogP contribution in [-0.4, -0.2) is 73.1 Å². The van der Waals surface area contributed by atoms with Gasteiger partial charge in [0.05, 0.1) is 17.3 Å². The second-order valence-corrected chi connectivity index (χ2v) is 9.67. The molecule has 1 aliphatic rings. The van der Waals surface area contributed by atoms with E-state index in [4.69, 9.17) is 4.74 Å². The van der Waals surface area contributed by atoms with E-state index in [1.165, 1.54) is 16.9 Å². The van der Waals surface area contributed by atoms with Crippen LogP contribution < -0.4 is 9.64 Å². The summed E-state index contributed by atoms with van der Waals surface area (Å²) in [5.41, 5.74) is 3.25. The van der Waals surface area contributed by atoms with Gasteiger partial charge in [0, 0.05) is 57.4 Å². The Balaban J connectivity index is 1.36. The Labute approximate surface area is 200 Å². The maximum Gasteiger partial charge on any atom is 0.274 e. The van der Waals surface area contributed by atoms with Gasteiger partial charge in [0.1, 0.15) is 0 Å². The summed E-state index contributed by atoms with van der Waals surface area (Å²) in [7, 11) is 1.63. The van der Waals surface area contributed by atoms with Gasteiger partial charge < -0.3 is 14.5 Å². The first-order valence-corrected chi connectivity index (χ1v) is 12.6. The smallest absolute Gasteiger partial charge is 0.274 e. The van der Waals surface area contributed by atoms with Gasteiger partial charge in [-0.05, 0) is 37.1 Å². The molecule has 1 aromatic heterocycles. The van der Waals surface area contributed by atoms with Crippen LogP contribution in [0.1, 0.15) is 25.8 Å². The van der Waals surface area contributed by atoms with Crippen molar-refractivity contribution in [3.05, 3.63) is 54.1 Å². The fourth-order valence-electron chi connectivity index (χ4n) is 4.53. The van der Waals surface area contributed by atoms with Crippen LogP contribution in [0, 0.1) is 0 Å². The van der Waals surface area contributed by atoms with Gasteiger partial charge in [-0.2, -0.15) is 0 Å². The van der Waals surface area contributed by atoms with Crippen LogP contribution in [0.25, 0.3) is 10.2 Å². The van der Waals surface area contributed by atoms with E-state index < -0.39 is 0 Å². The summed E-state index contributed by atoms with van der Waals surface area (Å²) in [5, 5.41) is 0.647. The summed E-state index contributed by atoms with van der Waals surface area (Å²) < 4.78 is 6.32. The van der Waals surface area contributed by atoms with E-state index in [9.17, 15) is 4.79 Å². The summed E-state index contributed by atoms with van der Waals surface area (Å²) in [5.74, 6) is 0.153. The molecule has 1 atom stereocenters. The lowest BCUT2D eigenvalue weighted by molar-refractivity contribution is -0.118. The first-order valence-electron chi connectivity index (χ1n) is 11.8. The number of fused-ring (bicyclic) bond motifs is 1. The molecule has 6 nitrogen and oxygen atoms in total. The predicted molar refractivity (Wildman–Crippen MR) is 136 cm³/mol. The van der Waals surface area contributed by atoms with Gasteiger partial charge in [0.15, 0.2) is 0 Å². The van der Waals surface area contributed by atoms with Crippen molar-refractivity contribution in [1.82, 2.24) is 14.8 Å². The van der Waals surface area contributed by atoms with Crippen molar-refractivity contribution in [2.24, 2.45) is 0 Å². The number of hydrogen-bond acceptors (Lipinski definition) is 6. The molecule has 1 aliphatic heterocycles. The lowest BCUT2D eigenvalue weighted by Crippen LogP contribution is -2.52. The Morgan fingerprint density at radius 2 is 1.85 bits per heavy atom. The molecule has 0 saturated carbocycles. The molecule has 1 amide bonds. The number of aromatic nitrogens is 1. The van der Waals surface area contributed by atoms with Crippen molar-refractivity contribution in [3.8, 4) is 5.19 Å². The number of benzene rings is 2. The van der Waals surface area contributed by atoms with Crippen LogP contribution in [0.4, 0.5) is 5.69 Å². The van der Waals surface area contributed by atoms with Gasteiger partial charge in [-0.25, -0.2) is 4.98 Å². The van der Waals surface area contributed by atoms with Gasteiger partial charge in [-0.1, -0.05) is 48.6 Å². The highest BCUT2D eigenvalue weighted by molar-refractivity contribution is 7.20. The zero-order valence-corrected chi connectivity index (χ0v) is 20.7. The third-order valence-corrected chi connectivity index (χ3v) is 7.34. The third-order valence-electron chi connectivity index (χ3n) is 6.36. The Bertz CT molecular complexity index is 1050. The van der Waals surface area contributed by atoms with Gasteiger partial charge in [-0.15, -0.1) is 0 Å². The minimum atomic E-state index is 0.0978. The van der Waals surface area contributed by atoms with Crippen LogP contribution in [0.3, 0.4) is 0 Å².